The summed E-state index contributed by atoms with van der Waals surface area (Å²) in [6, 6.07) is 12.8. The molecule has 1 saturated heterocycles. The van der Waals surface area contributed by atoms with Gasteiger partial charge in [0.1, 0.15) is 12.4 Å². The van der Waals surface area contributed by atoms with Gasteiger partial charge in [0.2, 0.25) is 11.8 Å². The normalized spacial score (nSPS) is 17.9. The average Bonchev–Trinajstić information content (AvgIpc) is 2.87. The van der Waals surface area contributed by atoms with E-state index in [-0.39, 0.29) is 30.6 Å². The van der Waals surface area contributed by atoms with Crippen LogP contribution in [-0.4, -0.2) is 18.4 Å². The van der Waals surface area contributed by atoms with Crippen molar-refractivity contribution < 1.29 is 27.5 Å². The Labute approximate surface area is 141 Å². The second kappa shape index (κ2) is 6.58. The van der Waals surface area contributed by atoms with Gasteiger partial charge in [-0.2, -0.15) is 13.2 Å². The third-order valence-corrected chi connectivity index (χ3v) is 3.89. The second-order valence-corrected chi connectivity index (χ2v) is 5.64. The van der Waals surface area contributed by atoms with E-state index in [1.54, 1.807) is 30.3 Å². The molecule has 1 fully saturated rings. The van der Waals surface area contributed by atoms with E-state index in [1.807, 2.05) is 0 Å². The quantitative estimate of drug-likeness (QED) is 0.792. The Kier molecular flexibility index (Phi) is 4.48. The highest BCUT2D eigenvalue weighted by molar-refractivity contribution is 6.20. The lowest BCUT2D eigenvalue weighted by atomic mass is 10.1. The number of carbonyl (C=O) groups is 2. The maximum atomic E-state index is 12.5. The van der Waals surface area contributed by atoms with Crippen LogP contribution in [-0.2, 0) is 15.8 Å². The molecule has 0 spiro atoms. The monoisotopic (exact) mass is 349 g/mol. The number of halogens is 3. The van der Waals surface area contributed by atoms with E-state index in [0.29, 0.717) is 5.69 Å². The zero-order valence-electron chi connectivity index (χ0n) is 13.0. The molecule has 0 saturated carbocycles. The van der Waals surface area contributed by atoms with E-state index in [9.17, 15) is 22.8 Å². The van der Waals surface area contributed by atoms with Gasteiger partial charge < -0.3 is 4.74 Å². The molecule has 7 heteroatoms. The second-order valence-electron chi connectivity index (χ2n) is 5.64. The fourth-order valence-corrected chi connectivity index (χ4v) is 2.61. The molecule has 0 bridgehead atoms. The van der Waals surface area contributed by atoms with Gasteiger partial charge >= 0.3 is 6.18 Å². The fourth-order valence-electron chi connectivity index (χ4n) is 2.61. The van der Waals surface area contributed by atoms with Crippen LogP contribution < -0.4 is 9.64 Å². The molecule has 0 N–H and O–H groups in total. The number of hydrogen-bond acceptors (Lipinski definition) is 3. The Balaban J connectivity index is 1.64. The molecule has 2 amide bonds. The molecule has 1 unspecified atom stereocenters. The number of carbonyl (C=O) groups excluding carboxylic acids is 2. The number of rotatable bonds is 4. The number of hydrogen-bond donors (Lipinski definition) is 0. The van der Waals surface area contributed by atoms with Crippen LogP contribution in [0.15, 0.2) is 54.6 Å². The van der Waals surface area contributed by atoms with Crippen LogP contribution >= 0.6 is 0 Å². The molecule has 4 nitrogen and oxygen atoms in total. The standard InChI is InChI=1S/C18H14F3NO3/c19-18(20,21)13-6-8-15(9-7-13)25-11-12-10-16(23)22(17(12)24)14-4-2-1-3-5-14/h1-9,12H,10-11H2. The molecule has 2 aromatic rings. The number of benzene rings is 2. The predicted octanol–water partition coefficient (Wildman–Crippen LogP) is 3.66. The molecule has 0 radical (unpaired) electrons. The van der Waals surface area contributed by atoms with Crippen LogP contribution in [0.2, 0.25) is 0 Å². The van der Waals surface area contributed by atoms with Gasteiger partial charge in [-0.1, -0.05) is 18.2 Å². The summed E-state index contributed by atoms with van der Waals surface area (Å²) >= 11 is 0. The molecule has 1 aliphatic heterocycles. The molecule has 130 valence electrons. The maximum Gasteiger partial charge on any atom is 0.416 e. The molecule has 0 aliphatic carbocycles. The highest BCUT2D eigenvalue weighted by Crippen LogP contribution is 2.31. The topological polar surface area (TPSA) is 46.6 Å². The van der Waals surface area contributed by atoms with Gasteiger partial charge in [-0.15, -0.1) is 0 Å². The zero-order chi connectivity index (χ0) is 18.0. The minimum atomic E-state index is -4.41. The SMILES string of the molecule is O=C1CC(COc2ccc(C(F)(F)F)cc2)C(=O)N1c1ccccc1. The lowest BCUT2D eigenvalue weighted by Crippen LogP contribution is -2.31. The lowest BCUT2D eigenvalue weighted by molar-refractivity contribution is -0.137. The van der Waals surface area contributed by atoms with Crippen LogP contribution in [0, 0.1) is 5.92 Å². The summed E-state index contributed by atoms with van der Waals surface area (Å²) in [6.07, 6.45) is -4.41. The highest BCUT2D eigenvalue weighted by atomic mass is 19.4. The van der Waals surface area contributed by atoms with Crippen molar-refractivity contribution in [1.29, 1.82) is 0 Å². The average molecular weight is 349 g/mol. The summed E-state index contributed by atoms with van der Waals surface area (Å²) in [5.74, 6) is -1.14. The van der Waals surface area contributed by atoms with Crippen molar-refractivity contribution in [2.24, 2.45) is 5.92 Å². The van der Waals surface area contributed by atoms with E-state index in [2.05, 4.69) is 0 Å². The zero-order valence-corrected chi connectivity index (χ0v) is 13.0. The first kappa shape index (κ1) is 17.0. The fraction of sp³-hybridized carbons (Fsp3) is 0.222. The number of anilines is 1. The van der Waals surface area contributed by atoms with Gasteiger partial charge in [0, 0.05) is 6.42 Å². The van der Waals surface area contributed by atoms with E-state index in [4.69, 9.17) is 4.74 Å². The van der Waals surface area contributed by atoms with Gasteiger partial charge in [-0.05, 0) is 36.4 Å². The highest BCUT2D eigenvalue weighted by Gasteiger charge is 2.39. The van der Waals surface area contributed by atoms with E-state index in [0.717, 1.165) is 17.0 Å². The van der Waals surface area contributed by atoms with Crippen LogP contribution in [0.4, 0.5) is 18.9 Å². The molecule has 1 atom stereocenters. The van der Waals surface area contributed by atoms with Gasteiger partial charge in [-0.3, -0.25) is 14.5 Å². The predicted molar refractivity (Wildman–Crippen MR) is 84.0 cm³/mol. The van der Waals surface area contributed by atoms with E-state index in [1.165, 1.54) is 12.1 Å². The first-order chi connectivity index (χ1) is 11.9. The number of nitrogens with zero attached hydrogens (tertiary/aromatic N) is 1. The van der Waals surface area contributed by atoms with Crippen molar-refractivity contribution in [3.05, 3.63) is 60.2 Å². The molecule has 2 aromatic carbocycles. The van der Waals surface area contributed by atoms with E-state index >= 15 is 0 Å². The Morgan fingerprint density at radius 3 is 2.24 bits per heavy atom. The van der Waals surface area contributed by atoms with Crippen molar-refractivity contribution in [1.82, 2.24) is 0 Å². The van der Waals surface area contributed by atoms with Gasteiger partial charge in [-0.25, -0.2) is 0 Å². The third kappa shape index (κ3) is 3.65. The Hall–Kier alpha value is -2.83. The van der Waals surface area contributed by atoms with Crippen LogP contribution in [0.5, 0.6) is 5.75 Å². The number of amides is 2. The molecule has 1 aliphatic rings. The number of ether oxygens (including phenoxy) is 1. The molecular formula is C18H14F3NO3. The van der Waals surface area contributed by atoms with Gasteiger partial charge in [0.25, 0.3) is 0 Å². The molecule has 0 aromatic heterocycles. The maximum absolute atomic E-state index is 12.5. The first-order valence-corrected chi connectivity index (χ1v) is 7.58. The number of alkyl halides is 3. The van der Waals surface area contributed by atoms with Crippen LogP contribution in [0.1, 0.15) is 12.0 Å². The summed E-state index contributed by atoms with van der Waals surface area (Å²) in [7, 11) is 0. The minimum Gasteiger partial charge on any atom is -0.493 e. The lowest BCUT2D eigenvalue weighted by Gasteiger charge is -2.15. The van der Waals surface area contributed by atoms with Gasteiger partial charge in [0.15, 0.2) is 0 Å². The smallest absolute Gasteiger partial charge is 0.416 e. The number of para-hydroxylation sites is 1. The van der Waals surface area contributed by atoms with Crippen molar-refractivity contribution >= 4 is 17.5 Å². The van der Waals surface area contributed by atoms with Crippen LogP contribution in [0.3, 0.4) is 0 Å². The molecular weight excluding hydrogens is 335 g/mol. The summed E-state index contributed by atoms with van der Waals surface area (Å²) < 4.78 is 43.0. The summed E-state index contributed by atoms with van der Waals surface area (Å²) in [5, 5.41) is 0. The summed E-state index contributed by atoms with van der Waals surface area (Å²) in [6.45, 7) is -0.0702. The Morgan fingerprint density at radius 1 is 1.00 bits per heavy atom. The molecule has 3 rings (SSSR count). The summed E-state index contributed by atoms with van der Waals surface area (Å²) in [4.78, 5) is 25.6. The third-order valence-electron chi connectivity index (χ3n) is 3.89. The van der Waals surface area contributed by atoms with Crippen molar-refractivity contribution in [3.63, 3.8) is 0 Å². The largest absolute Gasteiger partial charge is 0.493 e. The van der Waals surface area contributed by atoms with Crippen molar-refractivity contribution in [2.75, 3.05) is 11.5 Å². The molecule has 1 heterocycles. The number of imide groups is 1. The van der Waals surface area contributed by atoms with Crippen molar-refractivity contribution in [2.45, 2.75) is 12.6 Å². The Morgan fingerprint density at radius 2 is 1.64 bits per heavy atom. The summed E-state index contributed by atoms with van der Waals surface area (Å²) in [5.41, 5.74) is -0.281. The molecule has 25 heavy (non-hydrogen) atoms. The Bertz CT molecular complexity index is 772. The van der Waals surface area contributed by atoms with Crippen molar-refractivity contribution in [3.8, 4) is 5.75 Å². The van der Waals surface area contributed by atoms with Gasteiger partial charge in [0.05, 0.1) is 17.2 Å². The minimum absolute atomic E-state index is 0.00830. The first-order valence-electron chi connectivity index (χ1n) is 7.58. The van der Waals surface area contributed by atoms with E-state index < -0.39 is 17.7 Å². The van der Waals surface area contributed by atoms with Crippen LogP contribution in [0.25, 0.3) is 0 Å².